The van der Waals surface area contributed by atoms with Crippen molar-refractivity contribution in [3.05, 3.63) is 65.5 Å². The Hall–Kier alpha value is -2.69. The molecule has 0 aliphatic rings. The summed E-state index contributed by atoms with van der Waals surface area (Å²) in [6.45, 7) is 4.57. The van der Waals surface area contributed by atoms with Crippen LogP contribution in [0.5, 0.6) is 0 Å². The molecule has 0 radical (unpaired) electrons. The molecule has 0 heterocycles. The van der Waals surface area contributed by atoms with Crippen molar-refractivity contribution in [2.75, 3.05) is 11.9 Å². The molecule has 0 atom stereocenters. The first-order chi connectivity index (χ1) is 11.5. The second-order valence-electron chi connectivity index (χ2n) is 6.00. The zero-order valence-electron chi connectivity index (χ0n) is 13.8. The first kappa shape index (κ1) is 17.7. The molecule has 4 nitrogen and oxygen atoms in total. The van der Waals surface area contributed by atoms with Gasteiger partial charge >= 0.3 is 0 Å². The van der Waals surface area contributed by atoms with Gasteiger partial charge in [0.2, 0.25) is 5.91 Å². The molecule has 5 heteroatoms. The summed E-state index contributed by atoms with van der Waals surface area (Å²) in [6, 6.07) is 12.7. The highest BCUT2D eigenvalue weighted by atomic mass is 19.1. The highest BCUT2D eigenvalue weighted by Gasteiger charge is 2.13. The summed E-state index contributed by atoms with van der Waals surface area (Å²) >= 11 is 0. The maximum Gasteiger partial charge on any atom is 0.253 e. The second-order valence-corrected chi connectivity index (χ2v) is 6.00. The third-order valence-corrected chi connectivity index (χ3v) is 3.37. The summed E-state index contributed by atoms with van der Waals surface area (Å²) in [6.07, 6.45) is 0.0414. The van der Waals surface area contributed by atoms with Crippen LogP contribution < -0.4 is 10.6 Å². The van der Waals surface area contributed by atoms with Gasteiger partial charge in [-0.05, 0) is 35.7 Å². The van der Waals surface area contributed by atoms with Crippen molar-refractivity contribution in [2.24, 2.45) is 5.92 Å². The lowest BCUT2D eigenvalue weighted by Crippen LogP contribution is -2.28. The molecule has 2 N–H and O–H groups in total. The molecule has 24 heavy (non-hydrogen) atoms. The molecule has 2 rings (SSSR count). The van der Waals surface area contributed by atoms with E-state index in [4.69, 9.17) is 0 Å². The van der Waals surface area contributed by atoms with Crippen LogP contribution in [0.25, 0.3) is 0 Å². The molecule has 0 saturated carbocycles. The fraction of sp³-hybridized carbons (Fsp3) is 0.263. The van der Waals surface area contributed by atoms with E-state index >= 15 is 0 Å². The quantitative estimate of drug-likeness (QED) is 0.854. The van der Waals surface area contributed by atoms with Crippen LogP contribution in [0.4, 0.5) is 10.1 Å². The lowest BCUT2D eigenvalue weighted by atomic mass is 10.1. The SMILES string of the molecule is CC(C)CNC(=O)c1ccccc1NC(=O)Cc1cccc(F)c1. The third kappa shape index (κ3) is 5.19. The smallest absolute Gasteiger partial charge is 0.253 e. The summed E-state index contributed by atoms with van der Waals surface area (Å²) in [5.74, 6) is -0.576. The Morgan fingerprint density at radius 2 is 1.83 bits per heavy atom. The normalized spacial score (nSPS) is 10.5. The van der Waals surface area contributed by atoms with Gasteiger partial charge in [0, 0.05) is 6.54 Å². The monoisotopic (exact) mass is 328 g/mol. The van der Waals surface area contributed by atoms with Gasteiger partial charge in [-0.25, -0.2) is 4.39 Å². The fourth-order valence-corrected chi connectivity index (χ4v) is 2.21. The highest BCUT2D eigenvalue weighted by Crippen LogP contribution is 2.16. The van der Waals surface area contributed by atoms with Crippen molar-refractivity contribution in [2.45, 2.75) is 20.3 Å². The van der Waals surface area contributed by atoms with Gasteiger partial charge < -0.3 is 10.6 Å². The molecule has 0 saturated heterocycles. The predicted molar refractivity (Wildman–Crippen MR) is 92.3 cm³/mol. The minimum Gasteiger partial charge on any atom is -0.352 e. The molecule has 2 amide bonds. The number of hydrogen-bond acceptors (Lipinski definition) is 2. The minimum absolute atomic E-state index is 0.0414. The molecule has 0 aromatic heterocycles. The Bertz CT molecular complexity index is 729. The van der Waals surface area contributed by atoms with Crippen LogP contribution in [0.2, 0.25) is 0 Å². The highest BCUT2D eigenvalue weighted by molar-refractivity contribution is 6.04. The number of rotatable bonds is 6. The Labute approximate surface area is 141 Å². The van der Waals surface area contributed by atoms with Crippen molar-refractivity contribution in [3.8, 4) is 0 Å². The van der Waals surface area contributed by atoms with E-state index < -0.39 is 0 Å². The summed E-state index contributed by atoms with van der Waals surface area (Å²) in [4.78, 5) is 24.4. The van der Waals surface area contributed by atoms with Gasteiger partial charge in [-0.15, -0.1) is 0 Å². The summed E-state index contributed by atoms with van der Waals surface area (Å²) in [7, 11) is 0. The topological polar surface area (TPSA) is 58.2 Å². The summed E-state index contributed by atoms with van der Waals surface area (Å²) in [5.41, 5.74) is 1.43. The molecule has 126 valence electrons. The molecular weight excluding hydrogens is 307 g/mol. The van der Waals surface area contributed by atoms with Crippen molar-refractivity contribution < 1.29 is 14.0 Å². The van der Waals surface area contributed by atoms with Crippen LogP contribution >= 0.6 is 0 Å². The number of halogens is 1. The Morgan fingerprint density at radius 1 is 1.08 bits per heavy atom. The van der Waals surface area contributed by atoms with Crippen molar-refractivity contribution in [3.63, 3.8) is 0 Å². The molecule has 2 aromatic carbocycles. The standard InChI is InChI=1S/C19H21FN2O2/c1-13(2)12-21-19(24)16-8-3-4-9-17(16)22-18(23)11-14-6-5-7-15(20)10-14/h3-10,13H,11-12H2,1-2H3,(H,21,24)(H,22,23). The molecule has 0 fully saturated rings. The fourth-order valence-electron chi connectivity index (χ4n) is 2.21. The van der Waals surface area contributed by atoms with E-state index in [0.717, 1.165) is 0 Å². The number of benzene rings is 2. The average Bonchev–Trinajstić information content (AvgIpc) is 2.53. The maximum absolute atomic E-state index is 13.2. The van der Waals surface area contributed by atoms with Gasteiger partial charge in [-0.2, -0.15) is 0 Å². The zero-order valence-corrected chi connectivity index (χ0v) is 13.8. The number of nitrogens with one attached hydrogen (secondary N) is 2. The molecule has 0 aliphatic carbocycles. The predicted octanol–water partition coefficient (Wildman–Crippen LogP) is 3.39. The number of carbonyl (C=O) groups is 2. The zero-order chi connectivity index (χ0) is 17.5. The van der Waals surface area contributed by atoms with E-state index in [0.29, 0.717) is 29.3 Å². The van der Waals surface area contributed by atoms with Crippen LogP contribution in [-0.2, 0) is 11.2 Å². The van der Waals surface area contributed by atoms with Crippen LogP contribution in [0.3, 0.4) is 0 Å². The lowest BCUT2D eigenvalue weighted by molar-refractivity contribution is -0.115. The van der Waals surface area contributed by atoms with Gasteiger partial charge in [0.15, 0.2) is 0 Å². The number of carbonyl (C=O) groups excluding carboxylic acids is 2. The van der Waals surface area contributed by atoms with Crippen molar-refractivity contribution >= 4 is 17.5 Å². The first-order valence-corrected chi connectivity index (χ1v) is 7.87. The Balaban J connectivity index is 2.06. The number of para-hydroxylation sites is 1. The van der Waals surface area contributed by atoms with Gasteiger partial charge in [-0.3, -0.25) is 9.59 Å². The van der Waals surface area contributed by atoms with Gasteiger partial charge in [0.1, 0.15) is 5.82 Å². The average molecular weight is 328 g/mol. The van der Waals surface area contributed by atoms with Crippen LogP contribution in [0, 0.1) is 11.7 Å². The Morgan fingerprint density at radius 3 is 2.54 bits per heavy atom. The van der Waals surface area contributed by atoms with E-state index in [9.17, 15) is 14.0 Å². The molecule has 0 bridgehead atoms. The summed E-state index contributed by atoms with van der Waals surface area (Å²) in [5, 5.41) is 5.55. The van der Waals surface area contributed by atoms with Crippen molar-refractivity contribution in [1.29, 1.82) is 0 Å². The molecule has 0 aliphatic heterocycles. The third-order valence-electron chi connectivity index (χ3n) is 3.37. The lowest BCUT2D eigenvalue weighted by Gasteiger charge is -2.12. The van der Waals surface area contributed by atoms with Gasteiger partial charge in [0.05, 0.1) is 17.7 Å². The van der Waals surface area contributed by atoms with E-state index in [1.54, 1.807) is 36.4 Å². The van der Waals surface area contributed by atoms with Gasteiger partial charge in [0.25, 0.3) is 5.91 Å². The van der Waals surface area contributed by atoms with E-state index in [1.165, 1.54) is 12.1 Å². The van der Waals surface area contributed by atoms with Gasteiger partial charge in [-0.1, -0.05) is 38.1 Å². The molecule has 0 unspecified atom stereocenters. The first-order valence-electron chi connectivity index (χ1n) is 7.87. The van der Waals surface area contributed by atoms with E-state index in [-0.39, 0.29) is 24.1 Å². The van der Waals surface area contributed by atoms with Crippen molar-refractivity contribution in [1.82, 2.24) is 5.32 Å². The molecule has 0 spiro atoms. The Kier molecular flexibility index (Phi) is 6.07. The van der Waals surface area contributed by atoms with Crippen LogP contribution in [-0.4, -0.2) is 18.4 Å². The van der Waals surface area contributed by atoms with Crippen LogP contribution in [0.15, 0.2) is 48.5 Å². The number of hydrogen-bond donors (Lipinski definition) is 2. The second kappa shape index (κ2) is 8.24. The maximum atomic E-state index is 13.2. The minimum atomic E-state index is -0.381. The van der Waals surface area contributed by atoms with E-state index in [1.807, 2.05) is 13.8 Å². The van der Waals surface area contributed by atoms with E-state index in [2.05, 4.69) is 10.6 Å². The summed E-state index contributed by atoms with van der Waals surface area (Å²) < 4.78 is 13.2. The molecular formula is C19H21FN2O2. The van der Waals surface area contributed by atoms with Crippen LogP contribution in [0.1, 0.15) is 29.8 Å². The largest absolute Gasteiger partial charge is 0.352 e. The number of anilines is 1. The molecule has 2 aromatic rings. The number of amides is 2.